The summed E-state index contributed by atoms with van der Waals surface area (Å²) in [6.45, 7) is 4.90. The van der Waals surface area contributed by atoms with Crippen LogP contribution >= 0.6 is 0 Å². The van der Waals surface area contributed by atoms with E-state index in [2.05, 4.69) is 36.2 Å². The number of benzene rings is 2. The molecule has 3 aromatic rings. The van der Waals surface area contributed by atoms with Crippen molar-refractivity contribution < 1.29 is 9.32 Å². The first-order chi connectivity index (χ1) is 13.6. The number of amides is 1. The molecule has 5 heteroatoms. The molecule has 0 bridgehead atoms. The maximum absolute atomic E-state index is 13.0. The van der Waals surface area contributed by atoms with Crippen molar-refractivity contribution in [1.29, 1.82) is 0 Å². The number of hydrogen-bond donors (Lipinski definition) is 0. The molecule has 0 radical (unpaired) electrons. The van der Waals surface area contributed by atoms with E-state index >= 15 is 0 Å². The van der Waals surface area contributed by atoms with E-state index in [1.54, 1.807) is 6.20 Å². The number of hydrogen-bond acceptors (Lipinski definition) is 4. The van der Waals surface area contributed by atoms with Crippen molar-refractivity contribution in [3.05, 3.63) is 66.4 Å². The van der Waals surface area contributed by atoms with Crippen molar-refractivity contribution >= 4 is 5.91 Å². The maximum Gasteiger partial charge on any atom is 0.254 e. The summed E-state index contributed by atoms with van der Waals surface area (Å²) in [6, 6.07) is 18.1. The Bertz CT molecular complexity index is 917. The zero-order valence-electron chi connectivity index (χ0n) is 16.3. The third-order valence-corrected chi connectivity index (χ3v) is 5.38. The van der Waals surface area contributed by atoms with Gasteiger partial charge in [0.05, 0.1) is 6.20 Å². The number of aromatic nitrogens is 1. The lowest BCUT2D eigenvalue weighted by Crippen LogP contribution is -2.41. The van der Waals surface area contributed by atoms with Crippen molar-refractivity contribution in [1.82, 2.24) is 15.0 Å². The molecule has 28 heavy (non-hydrogen) atoms. The van der Waals surface area contributed by atoms with Crippen LogP contribution in [0.2, 0.25) is 0 Å². The highest BCUT2D eigenvalue weighted by molar-refractivity contribution is 5.95. The summed E-state index contributed by atoms with van der Waals surface area (Å²) in [5.74, 6) is 0.875. The van der Waals surface area contributed by atoms with Crippen LogP contribution in [-0.2, 0) is 0 Å². The molecule has 1 unspecified atom stereocenters. The summed E-state index contributed by atoms with van der Waals surface area (Å²) >= 11 is 0. The molecule has 1 aromatic heterocycles. The van der Waals surface area contributed by atoms with Crippen molar-refractivity contribution in [2.24, 2.45) is 0 Å². The molecule has 1 aliphatic rings. The highest BCUT2D eigenvalue weighted by atomic mass is 16.5. The van der Waals surface area contributed by atoms with Crippen molar-refractivity contribution in [3.63, 3.8) is 0 Å². The Kier molecular flexibility index (Phi) is 5.26. The molecule has 144 valence electrons. The normalized spacial score (nSPS) is 18.1. The fourth-order valence-electron chi connectivity index (χ4n) is 3.84. The van der Waals surface area contributed by atoms with Gasteiger partial charge in [0.2, 0.25) is 0 Å². The predicted molar refractivity (Wildman–Crippen MR) is 110 cm³/mol. The first kappa shape index (κ1) is 18.4. The molecular weight excluding hydrogens is 350 g/mol. The van der Waals surface area contributed by atoms with Gasteiger partial charge in [-0.25, -0.2) is 0 Å². The Morgan fingerprint density at radius 1 is 0.964 bits per heavy atom. The van der Waals surface area contributed by atoms with E-state index in [1.807, 2.05) is 47.4 Å². The van der Waals surface area contributed by atoms with Crippen molar-refractivity contribution in [3.8, 4) is 22.5 Å². The van der Waals surface area contributed by atoms with Gasteiger partial charge in [-0.05, 0) is 50.2 Å². The van der Waals surface area contributed by atoms with E-state index in [-0.39, 0.29) is 11.9 Å². The Morgan fingerprint density at radius 3 is 2.25 bits per heavy atom. The summed E-state index contributed by atoms with van der Waals surface area (Å²) in [5.41, 5.74) is 3.93. The molecular formula is C23H25N3O2. The molecule has 2 aromatic carbocycles. The lowest BCUT2D eigenvalue weighted by Gasteiger charge is -2.28. The van der Waals surface area contributed by atoms with Crippen LogP contribution in [0, 0.1) is 0 Å². The van der Waals surface area contributed by atoms with Gasteiger partial charge in [-0.15, -0.1) is 0 Å². The van der Waals surface area contributed by atoms with Gasteiger partial charge in [0.25, 0.3) is 5.91 Å². The summed E-state index contributed by atoms with van der Waals surface area (Å²) in [4.78, 5) is 17.3. The molecule has 0 aliphatic carbocycles. The van der Waals surface area contributed by atoms with E-state index in [4.69, 9.17) is 4.52 Å². The molecule has 1 atom stereocenters. The molecule has 1 saturated heterocycles. The topological polar surface area (TPSA) is 49.6 Å². The average molecular weight is 375 g/mol. The van der Waals surface area contributed by atoms with Gasteiger partial charge in [0, 0.05) is 36.3 Å². The van der Waals surface area contributed by atoms with Crippen LogP contribution in [0.15, 0.2) is 65.3 Å². The molecule has 0 spiro atoms. The molecule has 2 heterocycles. The minimum atomic E-state index is 0.120. The SMILES string of the molecule is CC1CN(C)CCCN1C(=O)c1ccc(-c2ccc(-c3ccno3)cc2)cc1. The van der Waals surface area contributed by atoms with E-state index in [9.17, 15) is 4.79 Å². The van der Waals surface area contributed by atoms with Gasteiger partial charge < -0.3 is 14.3 Å². The van der Waals surface area contributed by atoms with Crippen LogP contribution in [0.25, 0.3) is 22.5 Å². The van der Waals surface area contributed by atoms with Crippen LogP contribution in [0.1, 0.15) is 23.7 Å². The standard InChI is InChI=1S/C23H25N3O2/c1-17-16-25(2)14-3-15-26(17)23(27)21-10-6-19(7-11-21)18-4-8-20(9-5-18)22-12-13-24-28-22/h4-13,17H,3,14-16H2,1-2H3. The van der Waals surface area contributed by atoms with Crippen LogP contribution < -0.4 is 0 Å². The van der Waals surface area contributed by atoms with Crippen molar-refractivity contribution in [2.75, 3.05) is 26.7 Å². The second-order valence-electron chi connectivity index (χ2n) is 7.49. The average Bonchev–Trinajstić information content (AvgIpc) is 3.20. The highest BCUT2D eigenvalue weighted by Gasteiger charge is 2.24. The Balaban J connectivity index is 1.50. The number of likely N-dealkylation sites (N-methyl/N-ethyl adjacent to an activating group) is 1. The Labute approximate surface area is 165 Å². The second kappa shape index (κ2) is 7.98. The largest absolute Gasteiger partial charge is 0.356 e. The molecule has 1 fully saturated rings. The Hall–Kier alpha value is -2.92. The number of nitrogens with zero attached hydrogens (tertiary/aromatic N) is 3. The van der Waals surface area contributed by atoms with Crippen molar-refractivity contribution in [2.45, 2.75) is 19.4 Å². The molecule has 1 aliphatic heterocycles. The van der Waals surface area contributed by atoms with Crippen LogP contribution in [0.3, 0.4) is 0 Å². The number of rotatable bonds is 3. The summed E-state index contributed by atoms with van der Waals surface area (Å²) in [5, 5.41) is 3.75. The van der Waals surface area contributed by atoms with Gasteiger partial charge in [0.1, 0.15) is 0 Å². The zero-order chi connectivity index (χ0) is 19.5. The first-order valence-electron chi connectivity index (χ1n) is 9.73. The number of carbonyl (C=O) groups excluding carboxylic acids is 1. The minimum Gasteiger partial charge on any atom is -0.356 e. The molecule has 1 amide bonds. The quantitative estimate of drug-likeness (QED) is 0.689. The van der Waals surface area contributed by atoms with Gasteiger partial charge in [-0.1, -0.05) is 41.6 Å². The van der Waals surface area contributed by atoms with Gasteiger partial charge in [-0.2, -0.15) is 0 Å². The van der Waals surface area contributed by atoms with E-state index in [1.165, 1.54) is 0 Å². The minimum absolute atomic E-state index is 0.120. The summed E-state index contributed by atoms with van der Waals surface area (Å²) in [7, 11) is 2.12. The molecule has 0 saturated carbocycles. The van der Waals surface area contributed by atoms with Crippen LogP contribution in [0.5, 0.6) is 0 Å². The lowest BCUT2D eigenvalue weighted by atomic mass is 10.0. The predicted octanol–water partition coefficient (Wildman–Crippen LogP) is 4.17. The summed E-state index contributed by atoms with van der Waals surface area (Å²) < 4.78 is 5.19. The fraction of sp³-hybridized carbons (Fsp3) is 0.304. The van der Waals surface area contributed by atoms with E-state index in [0.717, 1.165) is 54.1 Å². The molecule has 0 N–H and O–H groups in total. The molecule has 4 rings (SSSR count). The highest BCUT2D eigenvalue weighted by Crippen LogP contribution is 2.25. The number of carbonyl (C=O) groups is 1. The fourth-order valence-corrected chi connectivity index (χ4v) is 3.84. The third kappa shape index (κ3) is 3.85. The van der Waals surface area contributed by atoms with Crippen LogP contribution in [0.4, 0.5) is 0 Å². The second-order valence-corrected chi connectivity index (χ2v) is 7.49. The van der Waals surface area contributed by atoms with Crippen LogP contribution in [-0.4, -0.2) is 53.6 Å². The monoisotopic (exact) mass is 375 g/mol. The lowest BCUT2D eigenvalue weighted by molar-refractivity contribution is 0.0696. The smallest absolute Gasteiger partial charge is 0.254 e. The Morgan fingerprint density at radius 2 is 1.61 bits per heavy atom. The third-order valence-electron chi connectivity index (χ3n) is 5.38. The zero-order valence-corrected chi connectivity index (χ0v) is 16.3. The van der Waals surface area contributed by atoms with Gasteiger partial charge >= 0.3 is 0 Å². The first-order valence-corrected chi connectivity index (χ1v) is 9.73. The van der Waals surface area contributed by atoms with E-state index < -0.39 is 0 Å². The summed E-state index contributed by atoms with van der Waals surface area (Å²) in [6.07, 6.45) is 2.66. The van der Waals surface area contributed by atoms with E-state index in [0.29, 0.717) is 0 Å². The molecule has 5 nitrogen and oxygen atoms in total. The van der Waals surface area contributed by atoms with Gasteiger partial charge in [0.15, 0.2) is 5.76 Å². The maximum atomic E-state index is 13.0. The van der Waals surface area contributed by atoms with Gasteiger partial charge in [-0.3, -0.25) is 4.79 Å².